The molecule has 0 saturated carbocycles. The Labute approximate surface area is 172 Å². The topological polar surface area (TPSA) is 70.8 Å². The number of likely N-dealkylation sites (tertiary alicyclic amines) is 1. The van der Waals surface area contributed by atoms with Crippen LogP contribution < -0.4 is 10.1 Å². The molecular formula is C22H30N4O3. The monoisotopic (exact) mass is 398 g/mol. The van der Waals surface area contributed by atoms with Crippen LogP contribution in [-0.4, -0.2) is 66.2 Å². The molecule has 0 spiro atoms. The zero-order valence-electron chi connectivity index (χ0n) is 17.3. The highest BCUT2D eigenvalue weighted by Gasteiger charge is 2.30. The van der Waals surface area contributed by atoms with E-state index < -0.39 is 0 Å². The van der Waals surface area contributed by atoms with Gasteiger partial charge in [0, 0.05) is 45.3 Å². The van der Waals surface area contributed by atoms with Crippen LogP contribution in [0.15, 0.2) is 28.8 Å². The Hall–Kier alpha value is -2.38. The lowest BCUT2D eigenvalue weighted by atomic mass is 10.1. The lowest BCUT2D eigenvalue weighted by Gasteiger charge is -2.32. The number of benzene rings is 1. The molecule has 1 aromatic carbocycles. The van der Waals surface area contributed by atoms with Crippen LogP contribution in [0.1, 0.15) is 29.0 Å². The van der Waals surface area contributed by atoms with Crippen LogP contribution in [-0.2, 0) is 17.8 Å². The highest BCUT2D eigenvalue weighted by molar-refractivity contribution is 5.79. The van der Waals surface area contributed by atoms with Gasteiger partial charge in [0.1, 0.15) is 18.1 Å². The first-order chi connectivity index (χ1) is 14.1. The summed E-state index contributed by atoms with van der Waals surface area (Å²) in [6.45, 7) is 10.2. The molecule has 1 N–H and O–H groups in total. The number of piperazine rings is 1. The molecule has 7 nitrogen and oxygen atoms in total. The van der Waals surface area contributed by atoms with E-state index in [1.54, 1.807) is 0 Å². The molecule has 1 unspecified atom stereocenters. The normalized spacial score (nSPS) is 20.2. The van der Waals surface area contributed by atoms with Gasteiger partial charge in [-0.1, -0.05) is 17.3 Å². The molecule has 29 heavy (non-hydrogen) atoms. The highest BCUT2D eigenvalue weighted by Crippen LogP contribution is 2.20. The maximum atomic E-state index is 12.7. The summed E-state index contributed by atoms with van der Waals surface area (Å²) in [5.74, 6) is 1.78. The van der Waals surface area contributed by atoms with E-state index in [1.807, 2.05) is 43.0 Å². The highest BCUT2D eigenvalue weighted by atomic mass is 16.5. The minimum Gasteiger partial charge on any atom is -0.489 e. The third kappa shape index (κ3) is 4.79. The van der Waals surface area contributed by atoms with Crippen LogP contribution in [0, 0.1) is 13.8 Å². The predicted octanol–water partition coefficient (Wildman–Crippen LogP) is 1.92. The van der Waals surface area contributed by atoms with Crippen molar-refractivity contribution in [2.45, 2.75) is 39.3 Å². The SMILES string of the molecule is Cc1noc(C)c1COc1ccc(CC(=O)N2CCC(N3CCNCC3)C2)cc1. The van der Waals surface area contributed by atoms with E-state index in [0.717, 1.165) is 74.0 Å². The molecule has 156 valence electrons. The number of hydrogen-bond acceptors (Lipinski definition) is 6. The molecular weight excluding hydrogens is 368 g/mol. The fourth-order valence-corrected chi connectivity index (χ4v) is 4.17. The Morgan fingerprint density at radius 1 is 1.21 bits per heavy atom. The van der Waals surface area contributed by atoms with Crippen molar-refractivity contribution in [2.75, 3.05) is 39.3 Å². The van der Waals surface area contributed by atoms with Crippen molar-refractivity contribution in [3.8, 4) is 5.75 Å². The molecule has 4 rings (SSSR count). The quantitative estimate of drug-likeness (QED) is 0.802. The summed E-state index contributed by atoms with van der Waals surface area (Å²) in [6, 6.07) is 8.32. The van der Waals surface area contributed by atoms with E-state index in [2.05, 4.69) is 15.4 Å². The molecule has 2 fully saturated rings. The zero-order valence-corrected chi connectivity index (χ0v) is 17.3. The molecule has 7 heteroatoms. The lowest BCUT2D eigenvalue weighted by molar-refractivity contribution is -0.129. The van der Waals surface area contributed by atoms with Crippen LogP contribution in [0.3, 0.4) is 0 Å². The molecule has 0 radical (unpaired) electrons. The van der Waals surface area contributed by atoms with Crippen molar-refractivity contribution in [1.82, 2.24) is 20.3 Å². The van der Waals surface area contributed by atoms with Gasteiger partial charge in [-0.05, 0) is 38.0 Å². The number of carbonyl (C=O) groups is 1. The van der Waals surface area contributed by atoms with E-state index in [0.29, 0.717) is 19.1 Å². The number of nitrogens with zero attached hydrogens (tertiary/aromatic N) is 3. The number of ether oxygens (including phenoxy) is 1. The van der Waals surface area contributed by atoms with Gasteiger partial charge >= 0.3 is 0 Å². The number of hydrogen-bond donors (Lipinski definition) is 1. The number of carbonyl (C=O) groups excluding carboxylic acids is 1. The molecule has 3 heterocycles. The second kappa shape index (κ2) is 8.97. The van der Waals surface area contributed by atoms with Crippen molar-refractivity contribution in [1.29, 1.82) is 0 Å². The molecule has 1 amide bonds. The second-order valence-electron chi connectivity index (χ2n) is 7.98. The Balaban J connectivity index is 1.27. The maximum absolute atomic E-state index is 12.7. The van der Waals surface area contributed by atoms with Gasteiger partial charge in [-0.15, -0.1) is 0 Å². The minimum atomic E-state index is 0.215. The van der Waals surface area contributed by atoms with Crippen LogP contribution in [0.4, 0.5) is 0 Å². The largest absolute Gasteiger partial charge is 0.489 e. The molecule has 1 aromatic heterocycles. The van der Waals surface area contributed by atoms with Gasteiger partial charge in [-0.2, -0.15) is 0 Å². The van der Waals surface area contributed by atoms with E-state index in [-0.39, 0.29) is 5.91 Å². The van der Waals surface area contributed by atoms with Gasteiger partial charge in [0.05, 0.1) is 17.7 Å². The Kier molecular flexibility index (Phi) is 6.16. The van der Waals surface area contributed by atoms with E-state index in [4.69, 9.17) is 9.26 Å². The first-order valence-electron chi connectivity index (χ1n) is 10.5. The van der Waals surface area contributed by atoms with Gasteiger partial charge in [-0.3, -0.25) is 9.69 Å². The number of rotatable bonds is 6. The van der Waals surface area contributed by atoms with Crippen molar-refractivity contribution >= 4 is 5.91 Å². The third-order valence-corrected chi connectivity index (χ3v) is 6.03. The van der Waals surface area contributed by atoms with Crippen LogP contribution >= 0.6 is 0 Å². The van der Waals surface area contributed by atoms with E-state index in [9.17, 15) is 4.79 Å². The fraction of sp³-hybridized carbons (Fsp3) is 0.545. The molecule has 2 aliphatic heterocycles. The Morgan fingerprint density at radius 2 is 1.97 bits per heavy atom. The molecule has 0 bridgehead atoms. The average molecular weight is 399 g/mol. The minimum absolute atomic E-state index is 0.215. The van der Waals surface area contributed by atoms with Crippen LogP contribution in [0.5, 0.6) is 5.75 Å². The van der Waals surface area contributed by atoms with Crippen molar-refractivity contribution in [3.63, 3.8) is 0 Å². The molecule has 2 saturated heterocycles. The standard InChI is InChI=1S/C22H30N4O3/c1-16-21(17(2)29-24-16)15-28-20-5-3-18(4-6-20)13-22(27)26-10-7-19(14-26)25-11-8-23-9-12-25/h3-6,19,23H,7-15H2,1-2H3. The zero-order chi connectivity index (χ0) is 20.2. The molecule has 2 aromatic rings. The van der Waals surface area contributed by atoms with Crippen LogP contribution in [0.25, 0.3) is 0 Å². The number of aromatic nitrogens is 1. The summed E-state index contributed by atoms with van der Waals surface area (Å²) in [7, 11) is 0. The van der Waals surface area contributed by atoms with Crippen molar-refractivity contribution in [3.05, 3.63) is 46.8 Å². The Morgan fingerprint density at radius 3 is 2.66 bits per heavy atom. The van der Waals surface area contributed by atoms with Crippen LogP contribution in [0.2, 0.25) is 0 Å². The molecule has 1 atom stereocenters. The lowest BCUT2D eigenvalue weighted by Crippen LogP contribution is -2.49. The predicted molar refractivity (Wildman–Crippen MR) is 110 cm³/mol. The summed E-state index contributed by atoms with van der Waals surface area (Å²) in [6.07, 6.45) is 1.53. The maximum Gasteiger partial charge on any atom is 0.227 e. The van der Waals surface area contributed by atoms with Gasteiger partial charge in [0.15, 0.2) is 0 Å². The van der Waals surface area contributed by atoms with Gasteiger partial charge in [0.25, 0.3) is 0 Å². The van der Waals surface area contributed by atoms with Crippen molar-refractivity contribution < 1.29 is 14.1 Å². The summed E-state index contributed by atoms with van der Waals surface area (Å²) >= 11 is 0. The van der Waals surface area contributed by atoms with Gasteiger partial charge in [-0.25, -0.2) is 0 Å². The van der Waals surface area contributed by atoms with Gasteiger partial charge in [0.2, 0.25) is 5.91 Å². The number of aryl methyl sites for hydroxylation is 2. The summed E-state index contributed by atoms with van der Waals surface area (Å²) in [5.41, 5.74) is 2.86. The molecule has 0 aliphatic carbocycles. The number of amides is 1. The Bertz CT molecular complexity index is 808. The smallest absolute Gasteiger partial charge is 0.227 e. The summed E-state index contributed by atoms with van der Waals surface area (Å²) in [5, 5.41) is 7.34. The average Bonchev–Trinajstić information content (AvgIpc) is 3.36. The number of nitrogens with one attached hydrogen (secondary N) is 1. The summed E-state index contributed by atoms with van der Waals surface area (Å²) < 4.78 is 11.0. The summed E-state index contributed by atoms with van der Waals surface area (Å²) in [4.78, 5) is 17.3. The van der Waals surface area contributed by atoms with E-state index >= 15 is 0 Å². The van der Waals surface area contributed by atoms with Crippen molar-refractivity contribution in [2.24, 2.45) is 0 Å². The second-order valence-corrected chi connectivity index (χ2v) is 7.98. The first kappa shape index (κ1) is 19.9. The van der Waals surface area contributed by atoms with E-state index in [1.165, 1.54) is 0 Å². The van der Waals surface area contributed by atoms with Gasteiger partial charge < -0.3 is 19.5 Å². The first-order valence-corrected chi connectivity index (χ1v) is 10.5. The molecule has 2 aliphatic rings. The third-order valence-electron chi connectivity index (χ3n) is 6.03. The fourth-order valence-electron chi connectivity index (χ4n) is 4.17.